The summed E-state index contributed by atoms with van der Waals surface area (Å²) < 4.78 is 0. The predicted octanol–water partition coefficient (Wildman–Crippen LogP) is 10.4. The lowest BCUT2D eigenvalue weighted by atomic mass is 9.72. The molecule has 5 aliphatic rings. The van der Waals surface area contributed by atoms with E-state index in [0.717, 1.165) is 101 Å². The summed E-state index contributed by atoms with van der Waals surface area (Å²) in [4.78, 5) is 37.6. The summed E-state index contributed by atoms with van der Waals surface area (Å²) >= 11 is 0. The Labute approximate surface area is 464 Å². The highest BCUT2D eigenvalue weighted by molar-refractivity contribution is 6.04. The van der Waals surface area contributed by atoms with Crippen molar-refractivity contribution in [2.24, 2.45) is 20.0 Å². The first-order valence-corrected chi connectivity index (χ1v) is 28.5. The molecule has 9 heterocycles. The highest BCUT2D eigenvalue weighted by Crippen LogP contribution is 2.50. The molecule has 4 unspecified atom stereocenters. The van der Waals surface area contributed by atoms with Crippen molar-refractivity contribution in [2.45, 2.75) is 49.9 Å². The second-order valence-electron chi connectivity index (χ2n) is 22.3. The summed E-state index contributed by atoms with van der Waals surface area (Å²) in [6, 6.07) is 57.2. The van der Waals surface area contributed by atoms with Gasteiger partial charge in [-0.3, -0.25) is 0 Å². The van der Waals surface area contributed by atoms with Crippen molar-refractivity contribution >= 4 is 66.4 Å². The predicted molar refractivity (Wildman–Crippen MR) is 318 cm³/mol. The van der Waals surface area contributed by atoms with Gasteiger partial charge in [0.15, 0.2) is 0 Å². The highest BCUT2D eigenvalue weighted by Gasteiger charge is 2.41. The topological polar surface area (TPSA) is 181 Å². The zero-order chi connectivity index (χ0) is 53.3. The van der Waals surface area contributed by atoms with Crippen LogP contribution in [0, 0.1) is 0 Å². The normalized spacial score (nSPS) is 19.2. The molecule has 0 aliphatic carbocycles. The molecule has 4 atom stereocenters. The standard InChI is InChI=1S/C68H56N12O/c81-49-27-13-26-48-50(49)66-78-65(48)76-63-45-23-10-9-22-44(45)61(74-63)73-62-46-24-11-12-25-47(46)64(75-62)77-67-55-53(59-42-20-7-3-16-38(42)30-34-71-59)51(57-40-18-5-1-14-36(40)28-32-69-57)52(58-41-19-6-2-15-37(41)29-33-70-58)54(56(55)68(79-66)80-67)60-43-21-8-4-17-39(43)31-35-72-60/h1-27,57-60,69-72,81H,28-35H2,(H4,73,74,75,76,77,78,79,80). The van der Waals surface area contributed by atoms with Crippen LogP contribution in [-0.2, 0) is 25.7 Å². The van der Waals surface area contributed by atoms with Crippen molar-refractivity contribution in [1.82, 2.24) is 41.2 Å². The number of hydrogen-bond acceptors (Lipinski definition) is 9. The van der Waals surface area contributed by atoms with Gasteiger partial charge in [0.2, 0.25) is 0 Å². The van der Waals surface area contributed by atoms with Gasteiger partial charge in [0.1, 0.15) is 51.0 Å². The van der Waals surface area contributed by atoms with Gasteiger partial charge in [0.05, 0.1) is 29.6 Å². The molecule has 0 saturated heterocycles. The maximum atomic E-state index is 12.1. The van der Waals surface area contributed by atoms with Crippen LogP contribution in [0.1, 0.15) is 90.9 Å². The smallest absolute Gasteiger partial charge is 0.145 e. The number of hydrogen-bond donors (Lipinski definition) is 9. The maximum Gasteiger partial charge on any atom is 0.145 e. The van der Waals surface area contributed by atoms with Crippen LogP contribution in [0.25, 0.3) is 43.1 Å². The van der Waals surface area contributed by atoms with E-state index in [1.165, 1.54) is 55.6 Å². The van der Waals surface area contributed by atoms with Crippen LogP contribution in [0.3, 0.4) is 0 Å². The van der Waals surface area contributed by atoms with Gasteiger partial charge in [-0.25, -0.2) is 20.0 Å². The molecule has 5 aliphatic heterocycles. The lowest BCUT2D eigenvalue weighted by Crippen LogP contribution is -2.40. The molecule has 13 nitrogen and oxygen atoms in total. The van der Waals surface area contributed by atoms with E-state index in [0.29, 0.717) is 50.6 Å². The first-order chi connectivity index (χ1) is 40.1. The number of phenols is 1. The molecule has 0 spiro atoms. The summed E-state index contributed by atoms with van der Waals surface area (Å²) in [5.74, 6) is 2.46. The Morgan fingerprint density at radius 2 is 0.630 bits per heavy atom. The quantitative estimate of drug-likeness (QED) is 0.0850. The fraction of sp³-hybridized carbons (Fsp3) is 0.176. The van der Waals surface area contributed by atoms with Crippen LogP contribution in [-0.4, -0.2) is 51.2 Å². The number of benzene rings is 8. The van der Waals surface area contributed by atoms with Crippen LogP contribution in [0.5, 0.6) is 5.75 Å². The van der Waals surface area contributed by atoms with E-state index in [2.05, 4.69) is 175 Å². The number of aromatic hydroxyl groups is 1. The summed E-state index contributed by atoms with van der Waals surface area (Å²) in [5.41, 5.74) is 17.7. The third-order valence-electron chi connectivity index (χ3n) is 18.0. The minimum atomic E-state index is -0.278. The lowest BCUT2D eigenvalue weighted by Gasteiger charge is -2.41. The van der Waals surface area contributed by atoms with E-state index in [1.807, 2.05) is 24.3 Å². The van der Waals surface area contributed by atoms with Gasteiger partial charge in [-0.2, -0.15) is 0 Å². The number of H-pyrrole nitrogens is 4. The minimum Gasteiger partial charge on any atom is -0.507 e. The number of fused-ring (bicyclic) bond motifs is 24. The van der Waals surface area contributed by atoms with E-state index < -0.39 is 0 Å². The van der Waals surface area contributed by atoms with Crippen LogP contribution >= 0.6 is 0 Å². The zero-order valence-corrected chi connectivity index (χ0v) is 44.3. The van der Waals surface area contributed by atoms with Gasteiger partial charge in [0, 0.05) is 63.9 Å². The Bertz CT molecular complexity index is 4870. The fourth-order valence-electron chi connectivity index (χ4n) is 14.5. The van der Waals surface area contributed by atoms with Crippen molar-refractivity contribution in [3.63, 3.8) is 0 Å². The highest BCUT2D eigenvalue weighted by atomic mass is 16.3. The molecular weight excluding hydrogens is 1000 g/mol. The van der Waals surface area contributed by atoms with Crippen LogP contribution in [0.15, 0.2) is 184 Å². The second kappa shape index (κ2) is 18.4. The number of aromatic amines is 4. The lowest BCUT2D eigenvalue weighted by molar-refractivity contribution is 0.482. The van der Waals surface area contributed by atoms with Crippen LogP contribution in [0.2, 0.25) is 0 Å². The number of nitrogens with zero attached hydrogens (tertiary/aromatic N) is 4. The first-order valence-electron chi connectivity index (χ1n) is 28.5. The van der Waals surface area contributed by atoms with E-state index >= 15 is 0 Å². The first kappa shape index (κ1) is 46.7. The molecule has 4 aromatic heterocycles. The summed E-state index contributed by atoms with van der Waals surface area (Å²) in [6.45, 7) is 3.17. The van der Waals surface area contributed by atoms with Crippen molar-refractivity contribution in [3.8, 4) is 5.75 Å². The van der Waals surface area contributed by atoms with Crippen molar-refractivity contribution in [3.05, 3.63) is 253 Å². The average molecular weight is 1060 g/mol. The second-order valence-corrected chi connectivity index (χ2v) is 22.3. The van der Waals surface area contributed by atoms with Gasteiger partial charge in [-0.15, -0.1) is 0 Å². The summed E-state index contributed by atoms with van der Waals surface area (Å²) in [5, 5.41) is 35.9. The van der Waals surface area contributed by atoms with E-state index in [9.17, 15) is 5.11 Å². The average Bonchev–Trinajstić information content (AvgIpc) is 4.47. The zero-order valence-electron chi connectivity index (χ0n) is 44.3. The number of aromatic nitrogens is 4. The van der Waals surface area contributed by atoms with Gasteiger partial charge in [-0.05, 0) is 98.5 Å². The molecule has 13 heteroatoms. The third kappa shape index (κ3) is 7.25. The monoisotopic (exact) mass is 1060 g/mol. The number of rotatable bonds is 4. The van der Waals surface area contributed by atoms with Crippen LogP contribution < -0.4 is 43.2 Å². The molecule has 17 rings (SSSR count). The molecule has 394 valence electrons. The summed E-state index contributed by atoms with van der Waals surface area (Å²) in [7, 11) is 0. The Hall–Kier alpha value is -9.24. The molecular formula is C68H56N12O. The van der Waals surface area contributed by atoms with Gasteiger partial charge in [0.25, 0.3) is 0 Å². The van der Waals surface area contributed by atoms with Crippen molar-refractivity contribution in [2.75, 3.05) is 26.2 Å². The largest absolute Gasteiger partial charge is 0.507 e. The molecule has 0 fully saturated rings. The minimum absolute atomic E-state index is 0.0968. The Morgan fingerprint density at radius 1 is 0.296 bits per heavy atom. The van der Waals surface area contributed by atoms with Crippen molar-refractivity contribution < 1.29 is 5.11 Å². The SMILES string of the molecule is Oc1cccc2c3[nH]c(c12)N=c1[nH]c(c2c(C4NCCc5ccccc54)c(C4NCCc5ccccc54)c(C4NCCc5ccccc54)c(C4NCCc5ccccc54)c12)=Nc1[nH]c(c2ccccc12)N=c1[nH]c(c2ccccc12)=N3. The Kier molecular flexibility index (Phi) is 10.6. The number of nitrogens with one attached hydrogen (secondary N) is 8. The molecule has 12 aromatic rings. The number of phenolic OH excluding ortho intramolecular Hbond substituents is 1. The molecule has 81 heavy (non-hydrogen) atoms. The molecule has 0 amide bonds. The van der Waals surface area contributed by atoms with Gasteiger partial charge < -0.3 is 46.3 Å². The molecule has 8 bridgehead atoms. The fourth-order valence-corrected chi connectivity index (χ4v) is 14.5. The molecule has 8 aromatic carbocycles. The summed E-state index contributed by atoms with van der Waals surface area (Å²) in [6.07, 6.45) is 3.64. The maximum absolute atomic E-state index is 12.1. The molecule has 9 N–H and O–H groups in total. The van der Waals surface area contributed by atoms with Gasteiger partial charge in [-0.1, -0.05) is 158 Å². The van der Waals surface area contributed by atoms with Crippen LogP contribution in [0.4, 0.5) is 23.3 Å². The van der Waals surface area contributed by atoms with Crippen molar-refractivity contribution in [1.29, 1.82) is 0 Å². The Morgan fingerprint density at radius 3 is 1.09 bits per heavy atom. The van der Waals surface area contributed by atoms with Gasteiger partial charge >= 0.3 is 0 Å². The third-order valence-corrected chi connectivity index (χ3v) is 18.0. The Balaban J connectivity index is 1.14. The van der Waals surface area contributed by atoms with E-state index in [4.69, 9.17) is 20.0 Å². The van der Waals surface area contributed by atoms with E-state index in [-0.39, 0.29) is 29.9 Å². The molecule has 0 saturated carbocycles. The van der Waals surface area contributed by atoms with E-state index in [1.54, 1.807) is 6.07 Å². The molecule has 0 radical (unpaired) electrons.